The third-order valence-corrected chi connectivity index (χ3v) is 5.09. The Labute approximate surface area is 176 Å². The summed E-state index contributed by atoms with van der Waals surface area (Å²) >= 11 is 1.35. The molecule has 0 aliphatic rings. The molecule has 154 valence electrons. The van der Waals surface area contributed by atoms with Crippen LogP contribution in [0.1, 0.15) is 16.7 Å². The molecule has 0 bridgehead atoms. The molecule has 0 saturated carbocycles. The molecule has 1 heterocycles. The Balaban J connectivity index is 1.52. The maximum atomic E-state index is 12.6. The van der Waals surface area contributed by atoms with Gasteiger partial charge in [0.1, 0.15) is 0 Å². The van der Waals surface area contributed by atoms with Crippen LogP contribution in [0.15, 0.2) is 78.0 Å². The molecule has 3 aromatic rings. The Kier molecular flexibility index (Phi) is 6.79. The Morgan fingerprint density at radius 2 is 1.80 bits per heavy atom. The van der Waals surface area contributed by atoms with E-state index < -0.39 is 11.7 Å². The fourth-order valence-corrected chi connectivity index (χ4v) is 3.27. The van der Waals surface area contributed by atoms with Gasteiger partial charge in [-0.15, -0.1) is 11.8 Å². The zero-order valence-electron chi connectivity index (χ0n) is 15.7. The molecule has 0 saturated heterocycles. The Morgan fingerprint density at radius 3 is 2.43 bits per heavy atom. The normalized spacial score (nSPS) is 11.6. The van der Waals surface area contributed by atoms with Gasteiger partial charge >= 0.3 is 6.18 Å². The third-order valence-electron chi connectivity index (χ3n) is 4.08. The van der Waals surface area contributed by atoms with Gasteiger partial charge in [0.2, 0.25) is 5.91 Å². The third kappa shape index (κ3) is 6.12. The SMILES string of the molecule is Nc1ccccc1NC(=O)/C=C/c1ccc(CSc2ccc(C(F)(F)F)cn2)cc1. The van der Waals surface area contributed by atoms with E-state index in [2.05, 4.69) is 10.3 Å². The largest absolute Gasteiger partial charge is 0.417 e. The van der Waals surface area contributed by atoms with Crippen LogP contribution in [-0.2, 0) is 16.7 Å². The van der Waals surface area contributed by atoms with Gasteiger partial charge in [-0.25, -0.2) is 4.98 Å². The summed E-state index contributed by atoms with van der Waals surface area (Å²) in [6, 6.07) is 16.9. The molecule has 0 spiro atoms. The van der Waals surface area contributed by atoms with Crippen molar-refractivity contribution in [2.75, 3.05) is 11.1 Å². The van der Waals surface area contributed by atoms with Gasteiger partial charge in [-0.2, -0.15) is 13.2 Å². The van der Waals surface area contributed by atoms with E-state index in [1.54, 1.807) is 30.3 Å². The summed E-state index contributed by atoms with van der Waals surface area (Å²) < 4.78 is 37.7. The number of amides is 1. The second-order valence-electron chi connectivity index (χ2n) is 6.32. The predicted molar refractivity (Wildman–Crippen MR) is 114 cm³/mol. The number of alkyl halides is 3. The maximum absolute atomic E-state index is 12.6. The fraction of sp³-hybridized carbons (Fsp3) is 0.0909. The van der Waals surface area contributed by atoms with Gasteiger partial charge in [-0.05, 0) is 41.5 Å². The second kappa shape index (κ2) is 9.49. The van der Waals surface area contributed by atoms with Gasteiger partial charge in [0.15, 0.2) is 0 Å². The molecule has 2 aromatic carbocycles. The molecule has 0 atom stereocenters. The number of benzene rings is 2. The van der Waals surface area contributed by atoms with Crippen molar-refractivity contribution in [3.8, 4) is 0 Å². The van der Waals surface area contributed by atoms with Crippen LogP contribution < -0.4 is 11.1 Å². The molecule has 0 aliphatic heterocycles. The van der Waals surface area contributed by atoms with E-state index in [-0.39, 0.29) is 5.91 Å². The number of hydrogen-bond acceptors (Lipinski definition) is 4. The van der Waals surface area contributed by atoms with Crippen LogP contribution in [0.5, 0.6) is 0 Å². The lowest BCUT2D eigenvalue weighted by Gasteiger charge is -2.07. The number of anilines is 2. The number of nitrogens with two attached hydrogens (primary N) is 1. The van der Waals surface area contributed by atoms with E-state index in [1.807, 2.05) is 24.3 Å². The number of thioether (sulfide) groups is 1. The van der Waals surface area contributed by atoms with Gasteiger partial charge in [-0.1, -0.05) is 36.4 Å². The standard InChI is InChI=1S/C22H18F3N3OS/c23-22(24,25)17-10-12-21(27-13-17)30-14-16-7-5-15(6-8-16)9-11-20(29)28-19-4-2-1-3-18(19)26/h1-13H,14,26H2,(H,28,29)/b11-9+. The first kappa shape index (κ1) is 21.4. The Hall–Kier alpha value is -3.26. The highest BCUT2D eigenvalue weighted by molar-refractivity contribution is 7.98. The van der Waals surface area contributed by atoms with Crippen molar-refractivity contribution in [1.29, 1.82) is 0 Å². The highest BCUT2D eigenvalue weighted by atomic mass is 32.2. The molecule has 0 unspecified atom stereocenters. The molecular weight excluding hydrogens is 411 g/mol. The van der Waals surface area contributed by atoms with Crippen molar-refractivity contribution in [3.63, 3.8) is 0 Å². The van der Waals surface area contributed by atoms with E-state index in [4.69, 9.17) is 5.73 Å². The lowest BCUT2D eigenvalue weighted by Crippen LogP contribution is -2.09. The van der Waals surface area contributed by atoms with Gasteiger partial charge in [-0.3, -0.25) is 4.79 Å². The van der Waals surface area contributed by atoms with E-state index in [0.717, 1.165) is 23.4 Å². The molecule has 30 heavy (non-hydrogen) atoms. The molecule has 0 aliphatic carbocycles. The summed E-state index contributed by atoms with van der Waals surface area (Å²) in [5.74, 6) is 0.275. The van der Waals surface area contributed by atoms with Crippen molar-refractivity contribution in [3.05, 3.63) is 89.6 Å². The molecule has 1 amide bonds. The highest BCUT2D eigenvalue weighted by Crippen LogP contribution is 2.30. The summed E-state index contributed by atoms with van der Waals surface area (Å²) in [5, 5.41) is 3.23. The number of nitrogens with one attached hydrogen (secondary N) is 1. The average molecular weight is 429 g/mol. The predicted octanol–water partition coefficient (Wildman–Crippen LogP) is 5.63. The van der Waals surface area contributed by atoms with Crippen LogP contribution in [-0.4, -0.2) is 10.9 Å². The number of aromatic nitrogens is 1. The van der Waals surface area contributed by atoms with Crippen molar-refractivity contribution in [2.24, 2.45) is 0 Å². The topological polar surface area (TPSA) is 68.0 Å². The molecule has 3 rings (SSSR count). The van der Waals surface area contributed by atoms with Crippen LogP contribution in [0.25, 0.3) is 6.08 Å². The number of rotatable bonds is 6. The lowest BCUT2D eigenvalue weighted by atomic mass is 10.1. The molecule has 4 nitrogen and oxygen atoms in total. The van der Waals surface area contributed by atoms with Crippen molar-refractivity contribution in [1.82, 2.24) is 4.98 Å². The van der Waals surface area contributed by atoms with Crippen LogP contribution in [0.2, 0.25) is 0 Å². The first-order valence-corrected chi connectivity index (χ1v) is 9.88. The van der Waals surface area contributed by atoms with E-state index in [1.165, 1.54) is 23.9 Å². The van der Waals surface area contributed by atoms with E-state index in [9.17, 15) is 18.0 Å². The summed E-state index contributed by atoms with van der Waals surface area (Å²) in [7, 11) is 0. The summed E-state index contributed by atoms with van der Waals surface area (Å²) in [4.78, 5) is 15.9. The van der Waals surface area contributed by atoms with E-state index in [0.29, 0.717) is 22.2 Å². The molecule has 1 aromatic heterocycles. The second-order valence-corrected chi connectivity index (χ2v) is 7.32. The number of nitrogen functional groups attached to an aromatic ring is 1. The van der Waals surface area contributed by atoms with Crippen LogP contribution in [0.4, 0.5) is 24.5 Å². The molecule has 0 fully saturated rings. The number of carbonyl (C=O) groups is 1. The number of nitrogens with zero attached hydrogens (tertiary/aromatic N) is 1. The molecule has 8 heteroatoms. The smallest absolute Gasteiger partial charge is 0.397 e. The molecular formula is C22H18F3N3OS. The first-order valence-electron chi connectivity index (χ1n) is 8.90. The summed E-state index contributed by atoms with van der Waals surface area (Å²) in [6.45, 7) is 0. The van der Waals surface area contributed by atoms with E-state index >= 15 is 0 Å². The first-order chi connectivity index (χ1) is 14.3. The van der Waals surface area contributed by atoms with Crippen LogP contribution in [0, 0.1) is 0 Å². The van der Waals surface area contributed by atoms with Crippen molar-refractivity contribution in [2.45, 2.75) is 17.0 Å². The van der Waals surface area contributed by atoms with Gasteiger partial charge in [0.25, 0.3) is 0 Å². The Bertz CT molecular complexity index is 1030. The zero-order valence-corrected chi connectivity index (χ0v) is 16.5. The molecule has 3 N–H and O–H groups in total. The van der Waals surface area contributed by atoms with Crippen molar-refractivity contribution >= 4 is 35.1 Å². The number of pyridine rings is 1. The minimum atomic E-state index is -4.38. The van der Waals surface area contributed by atoms with Gasteiger partial charge < -0.3 is 11.1 Å². The summed E-state index contributed by atoms with van der Waals surface area (Å²) in [5.41, 5.74) is 7.90. The zero-order chi connectivity index (χ0) is 21.6. The van der Waals surface area contributed by atoms with Crippen molar-refractivity contribution < 1.29 is 18.0 Å². The fourth-order valence-electron chi connectivity index (χ4n) is 2.47. The Morgan fingerprint density at radius 1 is 1.07 bits per heavy atom. The lowest BCUT2D eigenvalue weighted by molar-refractivity contribution is -0.137. The average Bonchev–Trinajstić information content (AvgIpc) is 2.73. The number of carbonyl (C=O) groups excluding carboxylic acids is 1. The van der Waals surface area contributed by atoms with Crippen LogP contribution in [0.3, 0.4) is 0 Å². The maximum Gasteiger partial charge on any atom is 0.417 e. The molecule has 0 radical (unpaired) electrons. The summed E-state index contributed by atoms with van der Waals surface area (Å²) in [6.07, 6.45) is -0.445. The van der Waals surface area contributed by atoms with Gasteiger partial charge in [0.05, 0.1) is 22.0 Å². The minimum absolute atomic E-state index is 0.291. The van der Waals surface area contributed by atoms with Crippen LogP contribution >= 0.6 is 11.8 Å². The minimum Gasteiger partial charge on any atom is -0.397 e. The highest BCUT2D eigenvalue weighted by Gasteiger charge is 2.30. The monoisotopic (exact) mass is 429 g/mol. The number of halogens is 3. The van der Waals surface area contributed by atoms with Gasteiger partial charge in [0, 0.05) is 18.0 Å². The number of para-hydroxylation sites is 2. The quantitative estimate of drug-likeness (QED) is 0.303. The number of hydrogen-bond donors (Lipinski definition) is 2.